The van der Waals surface area contributed by atoms with Gasteiger partial charge in [-0.05, 0) is 51.2 Å². The van der Waals surface area contributed by atoms with Gasteiger partial charge in [0.05, 0.1) is 0 Å². The Bertz CT molecular complexity index is 693. The molecule has 0 unspecified atom stereocenters. The average molecular weight is 295 g/mol. The molecule has 3 heteroatoms. The molecule has 0 fully saturated rings. The minimum Gasteiger partial charge on any atom is -0.489 e. The lowest BCUT2D eigenvalue weighted by molar-refractivity contribution is 0.306. The Morgan fingerprint density at radius 1 is 1.00 bits per heavy atom. The minimum atomic E-state index is 0.508. The number of hydrogen-bond donors (Lipinski definition) is 1. The van der Waals surface area contributed by atoms with Crippen LogP contribution in [0.1, 0.15) is 11.1 Å². The van der Waals surface area contributed by atoms with Crippen LogP contribution in [0.5, 0.6) is 5.75 Å². The molecule has 0 aliphatic carbocycles. The summed E-state index contributed by atoms with van der Waals surface area (Å²) in [5.41, 5.74) is 10.6. The molecule has 0 saturated carbocycles. The Kier molecular flexibility index (Phi) is 4.34. The highest BCUT2D eigenvalue weighted by molar-refractivity contribution is 7.08. The van der Waals surface area contributed by atoms with Gasteiger partial charge in [0, 0.05) is 6.54 Å². The van der Waals surface area contributed by atoms with Gasteiger partial charge in [-0.1, -0.05) is 36.4 Å². The van der Waals surface area contributed by atoms with Gasteiger partial charge in [0.25, 0.3) is 0 Å². The van der Waals surface area contributed by atoms with Crippen molar-refractivity contribution in [2.75, 3.05) is 0 Å². The van der Waals surface area contributed by atoms with Gasteiger partial charge in [-0.25, -0.2) is 0 Å². The largest absolute Gasteiger partial charge is 0.489 e. The third-order valence-electron chi connectivity index (χ3n) is 3.38. The number of hydrogen-bond acceptors (Lipinski definition) is 3. The first kappa shape index (κ1) is 13.9. The molecule has 0 spiro atoms. The maximum absolute atomic E-state index is 5.88. The lowest BCUT2D eigenvalue weighted by Crippen LogP contribution is -2.01. The molecule has 106 valence electrons. The van der Waals surface area contributed by atoms with Crippen molar-refractivity contribution in [1.29, 1.82) is 0 Å². The number of nitrogens with two attached hydrogens (primary N) is 1. The number of benzene rings is 2. The van der Waals surface area contributed by atoms with Crippen LogP contribution in [-0.2, 0) is 13.2 Å². The summed E-state index contributed by atoms with van der Waals surface area (Å²) in [6, 6.07) is 18.4. The Balaban J connectivity index is 1.78. The molecule has 0 radical (unpaired) electrons. The zero-order valence-electron chi connectivity index (χ0n) is 11.7. The smallest absolute Gasteiger partial charge is 0.120 e. The fourth-order valence-electron chi connectivity index (χ4n) is 2.27. The summed E-state index contributed by atoms with van der Waals surface area (Å²) in [4.78, 5) is 0. The summed E-state index contributed by atoms with van der Waals surface area (Å²) in [7, 11) is 0. The topological polar surface area (TPSA) is 35.2 Å². The zero-order valence-corrected chi connectivity index (χ0v) is 12.5. The number of thiophene rings is 1. The van der Waals surface area contributed by atoms with E-state index < -0.39 is 0 Å². The monoisotopic (exact) mass is 295 g/mol. The van der Waals surface area contributed by atoms with Crippen LogP contribution in [0.15, 0.2) is 65.4 Å². The van der Waals surface area contributed by atoms with E-state index in [0.717, 1.165) is 16.9 Å². The quantitative estimate of drug-likeness (QED) is 0.754. The summed E-state index contributed by atoms with van der Waals surface area (Å²) in [6.45, 7) is 1.08. The summed E-state index contributed by atoms with van der Waals surface area (Å²) in [5.74, 6) is 0.860. The van der Waals surface area contributed by atoms with Crippen LogP contribution in [0.2, 0.25) is 0 Å². The molecule has 2 aromatic carbocycles. The first-order valence-electron chi connectivity index (χ1n) is 6.89. The molecule has 0 bridgehead atoms. The third kappa shape index (κ3) is 3.32. The van der Waals surface area contributed by atoms with Crippen LogP contribution in [0, 0.1) is 0 Å². The van der Waals surface area contributed by atoms with Crippen LogP contribution < -0.4 is 10.5 Å². The van der Waals surface area contributed by atoms with Gasteiger partial charge in [0.2, 0.25) is 0 Å². The fraction of sp³-hybridized carbons (Fsp3) is 0.111. The summed E-state index contributed by atoms with van der Waals surface area (Å²) >= 11 is 1.69. The molecule has 2 N–H and O–H groups in total. The van der Waals surface area contributed by atoms with Crippen molar-refractivity contribution in [2.24, 2.45) is 5.73 Å². The van der Waals surface area contributed by atoms with E-state index in [-0.39, 0.29) is 0 Å². The van der Waals surface area contributed by atoms with E-state index in [4.69, 9.17) is 10.5 Å². The first-order chi connectivity index (χ1) is 10.4. The highest BCUT2D eigenvalue weighted by Gasteiger charge is 2.06. The molecule has 1 aromatic heterocycles. The molecule has 3 aromatic rings. The van der Waals surface area contributed by atoms with Crippen molar-refractivity contribution in [3.8, 4) is 16.9 Å². The summed E-state index contributed by atoms with van der Waals surface area (Å²) < 4.78 is 5.85. The van der Waals surface area contributed by atoms with Crippen molar-refractivity contribution < 1.29 is 4.74 Å². The van der Waals surface area contributed by atoms with E-state index in [9.17, 15) is 0 Å². The molecule has 3 rings (SSSR count). The van der Waals surface area contributed by atoms with E-state index in [0.29, 0.717) is 13.2 Å². The molecule has 0 atom stereocenters. The summed E-state index contributed by atoms with van der Waals surface area (Å²) in [6.07, 6.45) is 0. The predicted octanol–water partition coefficient (Wildman–Crippen LogP) is 4.45. The van der Waals surface area contributed by atoms with E-state index in [1.54, 1.807) is 11.3 Å². The standard InChI is InChI=1S/C18H17NOS/c19-11-16-10-17(20-12-14-4-2-1-3-5-14)6-7-18(16)15-8-9-21-13-15/h1-10,13H,11-12,19H2. The number of rotatable bonds is 5. The molecular weight excluding hydrogens is 278 g/mol. The second kappa shape index (κ2) is 6.57. The van der Waals surface area contributed by atoms with Gasteiger partial charge >= 0.3 is 0 Å². The van der Waals surface area contributed by atoms with Gasteiger partial charge < -0.3 is 10.5 Å². The lowest BCUT2D eigenvalue weighted by Gasteiger charge is -2.11. The molecule has 0 aliphatic rings. The van der Waals surface area contributed by atoms with Gasteiger partial charge in [-0.15, -0.1) is 0 Å². The Morgan fingerprint density at radius 3 is 2.57 bits per heavy atom. The molecule has 21 heavy (non-hydrogen) atoms. The van der Waals surface area contributed by atoms with Gasteiger partial charge in [-0.2, -0.15) is 11.3 Å². The van der Waals surface area contributed by atoms with E-state index in [2.05, 4.69) is 35.0 Å². The Hall–Kier alpha value is -2.10. The van der Waals surface area contributed by atoms with E-state index in [1.165, 1.54) is 11.1 Å². The van der Waals surface area contributed by atoms with Crippen LogP contribution in [0.4, 0.5) is 0 Å². The molecular formula is C18H17NOS. The molecule has 0 saturated heterocycles. The van der Waals surface area contributed by atoms with Crippen LogP contribution >= 0.6 is 11.3 Å². The van der Waals surface area contributed by atoms with Crippen molar-refractivity contribution >= 4 is 11.3 Å². The van der Waals surface area contributed by atoms with Gasteiger partial charge in [-0.3, -0.25) is 0 Å². The highest BCUT2D eigenvalue weighted by Crippen LogP contribution is 2.29. The molecule has 0 aliphatic heterocycles. The maximum atomic E-state index is 5.88. The van der Waals surface area contributed by atoms with E-state index in [1.807, 2.05) is 30.3 Å². The predicted molar refractivity (Wildman–Crippen MR) is 88.4 cm³/mol. The normalized spacial score (nSPS) is 10.5. The molecule has 0 amide bonds. The molecule has 1 heterocycles. The number of ether oxygens (including phenoxy) is 1. The highest BCUT2D eigenvalue weighted by atomic mass is 32.1. The maximum Gasteiger partial charge on any atom is 0.120 e. The van der Waals surface area contributed by atoms with Crippen molar-refractivity contribution in [1.82, 2.24) is 0 Å². The van der Waals surface area contributed by atoms with E-state index >= 15 is 0 Å². The Labute approximate surface area is 128 Å². The van der Waals surface area contributed by atoms with Gasteiger partial charge in [0.15, 0.2) is 0 Å². The SMILES string of the molecule is NCc1cc(OCc2ccccc2)ccc1-c1ccsc1. The lowest BCUT2D eigenvalue weighted by atomic mass is 10.0. The second-order valence-corrected chi connectivity index (χ2v) is 5.59. The zero-order chi connectivity index (χ0) is 14.5. The molecule has 2 nitrogen and oxygen atoms in total. The summed E-state index contributed by atoms with van der Waals surface area (Å²) in [5, 5.41) is 4.22. The van der Waals surface area contributed by atoms with Crippen LogP contribution in [-0.4, -0.2) is 0 Å². The first-order valence-corrected chi connectivity index (χ1v) is 7.83. The second-order valence-electron chi connectivity index (χ2n) is 4.81. The fourth-order valence-corrected chi connectivity index (χ4v) is 2.92. The van der Waals surface area contributed by atoms with Crippen LogP contribution in [0.3, 0.4) is 0 Å². The van der Waals surface area contributed by atoms with Gasteiger partial charge in [0.1, 0.15) is 12.4 Å². The third-order valence-corrected chi connectivity index (χ3v) is 4.06. The van der Waals surface area contributed by atoms with Crippen molar-refractivity contribution in [3.63, 3.8) is 0 Å². The minimum absolute atomic E-state index is 0.508. The van der Waals surface area contributed by atoms with Crippen molar-refractivity contribution in [3.05, 3.63) is 76.5 Å². The average Bonchev–Trinajstić information content (AvgIpc) is 3.08. The van der Waals surface area contributed by atoms with Crippen molar-refractivity contribution in [2.45, 2.75) is 13.2 Å². The Morgan fingerprint density at radius 2 is 1.86 bits per heavy atom. The van der Waals surface area contributed by atoms with Crippen LogP contribution in [0.25, 0.3) is 11.1 Å².